The first kappa shape index (κ1) is 14.2. The number of nitrogens with zero attached hydrogens (tertiary/aromatic N) is 1. The van der Waals surface area contributed by atoms with E-state index >= 15 is 0 Å². The van der Waals surface area contributed by atoms with Crippen molar-refractivity contribution in [1.82, 2.24) is 0 Å². The molecule has 3 rings (SSSR count). The zero-order valence-electron chi connectivity index (χ0n) is 11.9. The summed E-state index contributed by atoms with van der Waals surface area (Å²) in [6, 6.07) is 17.1. The molecule has 0 spiro atoms. The molecule has 2 aromatic carbocycles. The summed E-state index contributed by atoms with van der Waals surface area (Å²) in [7, 11) is 0. The van der Waals surface area contributed by atoms with E-state index in [0.29, 0.717) is 17.5 Å². The number of hydrogen-bond acceptors (Lipinski definition) is 2. The molecule has 0 heterocycles. The monoisotopic (exact) mass is 340 g/mol. The van der Waals surface area contributed by atoms with E-state index in [-0.39, 0.29) is 0 Å². The minimum atomic E-state index is 0.506. The van der Waals surface area contributed by atoms with Gasteiger partial charge in [0.2, 0.25) is 0 Å². The van der Waals surface area contributed by atoms with E-state index in [9.17, 15) is 0 Å². The van der Waals surface area contributed by atoms with Crippen LogP contribution in [0.3, 0.4) is 0 Å². The molecular formula is C18H17BrN2. The van der Waals surface area contributed by atoms with Gasteiger partial charge in [-0.15, -0.1) is 0 Å². The molecule has 1 saturated carbocycles. The van der Waals surface area contributed by atoms with Gasteiger partial charge in [0.1, 0.15) is 0 Å². The van der Waals surface area contributed by atoms with E-state index in [1.807, 2.05) is 18.2 Å². The van der Waals surface area contributed by atoms with Crippen molar-refractivity contribution in [2.75, 3.05) is 5.32 Å². The summed E-state index contributed by atoms with van der Waals surface area (Å²) in [5.41, 5.74) is 4.42. The van der Waals surface area contributed by atoms with Crippen LogP contribution in [0.5, 0.6) is 0 Å². The summed E-state index contributed by atoms with van der Waals surface area (Å²) < 4.78 is 1.13. The van der Waals surface area contributed by atoms with Gasteiger partial charge in [0, 0.05) is 16.2 Å². The molecule has 0 unspecified atom stereocenters. The summed E-state index contributed by atoms with van der Waals surface area (Å²) in [6.45, 7) is 2.08. The fourth-order valence-corrected chi connectivity index (χ4v) is 3.07. The highest BCUT2D eigenvalue weighted by Crippen LogP contribution is 2.39. The molecule has 1 N–H and O–H groups in total. The van der Waals surface area contributed by atoms with Crippen LogP contribution in [-0.4, -0.2) is 6.04 Å². The Morgan fingerprint density at radius 3 is 2.52 bits per heavy atom. The topological polar surface area (TPSA) is 35.8 Å². The molecule has 106 valence electrons. The van der Waals surface area contributed by atoms with Crippen molar-refractivity contribution in [3.8, 4) is 6.07 Å². The third kappa shape index (κ3) is 3.11. The molecule has 3 heteroatoms. The minimum absolute atomic E-state index is 0.506. The van der Waals surface area contributed by atoms with Crippen LogP contribution >= 0.6 is 15.9 Å². The summed E-state index contributed by atoms with van der Waals surface area (Å²) in [5, 5.41) is 12.6. The highest BCUT2D eigenvalue weighted by Gasteiger charge is 2.30. The lowest BCUT2D eigenvalue weighted by Gasteiger charge is -2.37. The van der Waals surface area contributed by atoms with Gasteiger partial charge >= 0.3 is 0 Å². The van der Waals surface area contributed by atoms with Crippen LogP contribution in [0.15, 0.2) is 46.9 Å². The van der Waals surface area contributed by atoms with Gasteiger partial charge in [0.05, 0.1) is 11.6 Å². The maximum atomic E-state index is 8.99. The van der Waals surface area contributed by atoms with Crippen LogP contribution < -0.4 is 5.32 Å². The van der Waals surface area contributed by atoms with Crippen LogP contribution in [0.4, 0.5) is 5.69 Å². The smallest absolute Gasteiger partial charge is 0.0992 e. The van der Waals surface area contributed by atoms with Crippen molar-refractivity contribution < 1.29 is 0 Å². The molecule has 21 heavy (non-hydrogen) atoms. The first-order valence-electron chi connectivity index (χ1n) is 7.18. The number of aryl methyl sites for hydroxylation is 1. The Hall–Kier alpha value is -1.79. The highest BCUT2D eigenvalue weighted by atomic mass is 79.9. The lowest BCUT2D eigenvalue weighted by atomic mass is 9.76. The Balaban J connectivity index is 1.62. The fourth-order valence-electron chi connectivity index (χ4n) is 2.81. The molecule has 1 fully saturated rings. The Morgan fingerprint density at radius 1 is 1.14 bits per heavy atom. The van der Waals surface area contributed by atoms with Gasteiger partial charge in [-0.05, 0) is 61.1 Å². The molecule has 1 aliphatic rings. The second kappa shape index (κ2) is 5.91. The Labute approximate surface area is 133 Å². The van der Waals surface area contributed by atoms with Gasteiger partial charge in [-0.3, -0.25) is 0 Å². The van der Waals surface area contributed by atoms with E-state index in [1.54, 1.807) is 0 Å². The Morgan fingerprint density at radius 2 is 1.86 bits per heavy atom. The van der Waals surface area contributed by atoms with E-state index in [0.717, 1.165) is 23.0 Å². The van der Waals surface area contributed by atoms with E-state index in [4.69, 9.17) is 5.26 Å². The third-order valence-electron chi connectivity index (χ3n) is 4.21. The number of nitrogens with one attached hydrogen (secondary N) is 1. The molecule has 1 aliphatic carbocycles. The zero-order valence-corrected chi connectivity index (χ0v) is 13.5. The number of nitriles is 1. The van der Waals surface area contributed by atoms with Gasteiger partial charge in [0.25, 0.3) is 0 Å². The molecule has 0 amide bonds. The highest BCUT2D eigenvalue weighted by molar-refractivity contribution is 9.10. The van der Waals surface area contributed by atoms with Gasteiger partial charge in [0.15, 0.2) is 0 Å². The zero-order chi connectivity index (χ0) is 14.8. The molecule has 0 aromatic heterocycles. The second-order valence-electron chi connectivity index (χ2n) is 5.70. The molecule has 2 nitrogen and oxygen atoms in total. The predicted molar refractivity (Wildman–Crippen MR) is 89.4 cm³/mol. The standard InChI is InChI=1S/C18H17BrN2/c1-12-2-3-13(11-20)8-18(12)21-17-9-15(10-17)14-4-6-16(19)7-5-14/h2-8,15,17,21H,9-10H2,1H3. The van der Waals surface area contributed by atoms with E-state index in [2.05, 4.69) is 58.5 Å². The molecule has 0 aliphatic heterocycles. The molecule has 0 atom stereocenters. The minimum Gasteiger partial charge on any atom is -0.382 e. The summed E-state index contributed by atoms with van der Waals surface area (Å²) in [5.74, 6) is 0.648. The summed E-state index contributed by atoms with van der Waals surface area (Å²) >= 11 is 3.47. The number of rotatable bonds is 3. The van der Waals surface area contributed by atoms with Crippen LogP contribution in [0.1, 0.15) is 35.4 Å². The maximum Gasteiger partial charge on any atom is 0.0992 e. The van der Waals surface area contributed by atoms with Crippen molar-refractivity contribution in [2.24, 2.45) is 0 Å². The summed E-state index contributed by atoms with van der Waals surface area (Å²) in [6.07, 6.45) is 2.30. The van der Waals surface area contributed by atoms with Crippen molar-refractivity contribution in [1.29, 1.82) is 5.26 Å². The molecule has 0 saturated heterocycles. The van der Waals surface area contributed by atoms with E-state index < -0.39 is 0 Å². The van der Waals surface area contributed by atoms with Crippen LogP contribution in [-0.2, 0) is 0 Å². The van der Waals surface area contributed by atoms with Gasteiger partial charge < -0.3 is 5.32 Å². The van der Waals surface area contributed by atoms with Crippen molar-refractivity contribution in [3.63, 3.8) is 0 Å². The number of benzene rings is 2. The quantitative estimate of drug-likeness (QED) is 0.854. The van der Waals surface area contributed by atoms with E-state index in [1.165, 1.54) is 11.1 Å². The molecule has 2 aromatic rings. The lowest BCUT2D eigenvalue weighted by Crippen LogP contribution is -2.34. The van der Waals surface area contributed by atoms with Crippen LogP contribution in [0, 0.1) is 18.3 Å². The normalized spacial score (nSPS) is 20.4. The average Bonchev–Trinajstić information content (AvgIpc) is 2.45. The molecular weight excluding hydrogens is 324 g/mol. The van der Waals surface area contributed by atoms with Gasteiger partial charge in [-0.25, -0.2) is 0 Å². The number of anilines is 1. The van der Waals surface area contributed by atoms with Crippen molar-refractivity contribution in [3.05, 3.63) is 63.6 Å². The molecule has 0 bridgehead atoms. The lowest BCUT2D eigenvalue weighted by molar-refractivity contribution is 0.374. The van der Waals surface area contributed by atoms with Gasteiger partial charge in [-0.2, -0.15) is 5.26 Å². The number of hydrogen-bond donors (Lipinski definition) is 1. The first-order chi connectivity index (χ1) is 10.2. The number of halogens is 1. The third-order valence-corrected chi connectivity index (χ3v) is 4.73. The molecule has 0 radical (unpaired) electrons. The Kier molecular flexibility index (Phi) is 3.98. The first-order valence-corrected chi connectivity index (χ1v) is 7.98. The van der Waals surface area contributed by atoms with Gasteiger partial charge in [-0.1, -0.05) is 34.1 Å². The SMILES string of the molecule is Cc1ccc(C#N)cc1NC1CC(c2ccc(Br)cc2)C1. The van der Waals surface area contributed by atoms with Crippen LogP contribution in [0.25, 0.3) is 0 Å². The summed E-state index contributed by atoms with van der Waals surface area (Å²) in [4.78, 5) is 0. The maximum absolute atomic E-state index is 8.99. The fraction of sp³-hybridized carbons (Fsp3) is 0.278. The Bertz CT molecular complexity index is 679. The second-order valence-corrected chi connectivity index (χ2v) is 6.62. The van der Waals surface area contributed by atoms with Crippen molar-refractivity contribution >= 4 is 21.6 Å². The van der Waals surface area contributed by atoms with Crippen LogP contribution in [0.2, 0.25) is 0 Å². The predicted octanol–water partition coefficient (Wildman–Crippen LogP) is 4.99. The average molecular weight is 341 g/mol. The largest absolute Gasteiger partial charge is 0.382 e. The van der Waals surface area contributed by atoms with Crippen molar-refractivity contribution in [2.45, 2.75) is 31.7 Å².